The van der Waals surface area contributed by atoms with Crippen molar-refractivity contribution in [3.05, 3.63) is 72.1 Å². The summed E-state index contributed by atoms with van der Waals surface area (Å²) in [4.78, 5) is 25.4. The average Bonchev–Trinajstić information content (AvgIpc) is 3.34. The Morgan fingerprint density at radius 1 is 1.26 bits per heavy atom. The van der Waals surface area contributed by atoms with Crippen LogP contribution in [0.4, 0.5) is 5.82 Å². The fourth-order valence-corrected chi connectivity index (χ4v) is 4.26. The summed E-state index contributed by atoms with van der Waals surface area (Å²) < 4.78 is 2.02. The second-order valence-corrected chi connectivity index (χ2v) is 7.66. The van der Waals surface area contributed by atoms with Crippen molar-refractivity contribution in [2.24, 2.45) is 0 Å². The van der Waals surface area contributed by atoms with Gasteiger partial charge in [0.05, 0.1) is 17.3 Å². The van der Waals surface area contributed by atoms with E-state index in [4.69, 9.17) is 15.7 Å². The number of anilines is 1. The third-order valence-electron chi connectivity index (χ3n) is 5.65. The van der Waals surface area contributed by atoms with Crippen LogP contribution in [0.2, 0.25) is 0 Å². The smallest absolute Gasteiger partial charge is 0.217 e. The third kappa shape index (κ3) is 3.24. The molecule has 4 aromatic rings. The van der Waals surface area contributed by atoms with Crippen molar-refractivity contribution in [2.75, 3.05) is 5.73 Å². The highest BCUT2D eigenvalue weighted by molar-refractivity contribution is 5.83. The first-order chi connectivity index (χ1) is 15.0. The van der Waals surface area contributed by atoms with Crippen LogP contribution in [0.15, 0.2) is 55.2 Å². The number of rotatable bonds is 4. The van der Waals surface area contributed by atoms with E-state index >= 15 is 0 Å². The number of nitrogens with zero attached hydrogens (tertiary/aromatic N) is 4. The molecule has 3 heterocycles. The van der Waals surface area contributed by atoms with Crippen molar-refractivity contribution in [1.29, 1.82) is 0 Å². The number of amides is 1. The molecular weight excluding hydrogens is 388 g/mol. The number of aryl methyl sites for hydroxylation is 1. The van der Waals surface area contributed by atoms with Crippen molar-refractivity contribution < 1.29 is 4.79 Å². The zero-order valence-electron chi connectivity index (χ0n) is 17.2. The van der Waals surface area contributed by atoms with Gasteiger partial charge in [0.15, 0.2) is 11.5 Å². The largest absolute Gasteiger partial charge is 0.383 e. The van der Waals surface area contributed by atoms with Gasteiger partial charge in [-0.15, -0.1) is 0 Å². The fraction of sp³-hybridized carbons (Fsp3) is 0.167. The molecule has 3 aromatic heterocycles. The second-order valence-electron chi connectivity index (χ2n) is 7.66. The molecule has 5 rings (SSSR count). The molecule has 1 atom stereocenters. The zero-order chi connectivity index (χ0) is 21.5. The number of benzene rings is 1. The van der Waals surface area contributed by atoms with Crippen molar-refractivity contribution in [3.63, 3.8) is 0 Å². The highest BCUT2D eigenvalue weighted by atomic mass is 16.1. The highest BCUT2D eigenvalue weighted by Crippen LogP contribution is 2.35. The number of nitrogens with one attached hydrogen (secondary N) is 1. The van der Waals surface area contributed by atoms with Crippen LogP contribution in [0.25, 0.3) is 34.3 Å². The van der Waals surface area contributed by atoms with Crippen LogP contribution in [0, 0.1) is 0 Å². The van der Waals surface area contributed by atoms with E-state index in [1.54, 1.807) is 19.2 Å². The van der Waals surface area contributed by atoms with E-state index in [9.17, 15) is 4.79 Å². The van der Waals surface area contributed by atoms with Crippen LogP contribution in [0.1, 0.15) is 36.2 Å². The van der Waals surface area contributed by atoms with Gasteiger partial charge in [-0.25, -0.2) is 15.0 Å². The molecule has 1 amide bonds. The minimum Gasteiger partial charge on any atom is -0.383 e. The molecule has 7 heteroatoms. The Balaban J connectivity index is 1.72. The van der Waals surface area contributed by atoms with Gasteiger partial charge in [-0.2, -0.15) is 0 Å². The monoisotopic (exact) mass is 410 g/mol. The summed E-state index contributed by atoms with van der Waals surface area (Å²) >= 11 is 0. The van der Waals surface area contributed by atoms with Crippen LogP contribution < -0.4 is 11.1 Å². The average molecular weight is 410 g/mol. The van der Waals surface area contributed by atoms with Gasteiger partial charge in [-0.3, -0.25) is 9.36 Å². The summed E-state index contributed by atoms with van der Waals surface area (Å²) in [5, 5.41) is 3.04. The number of aromatic nitrogens is 4. The molecule has 154 valence electrons. The van der Waals surface area contributed by atoms with Gasteiger partial charge in [0.1, 0.15) is 11.3 Å². The first-order valence-corrected chi connectivity index (χ1v) is 10.2. The molecular formula is C24H22N6O. The lowest BCUT2D eigenvalue weighted by molar-refractivity contribution is -0.119. The van der Waals surface area contributed by atoms with Crippen molar-refractivity contribution in [2.45, 2.75) is 25.8 Å². The normalized spacial score (nSPS) is 15.1. The predicted molar refractivity (Wildman–Crippen MR) is 121 cm³/mol. The molecule has 0 radical (unpaired) electrons. The SMILES string of the molecule is C=Cc1ccc2nc(-c3cccnc3N)n(-c3ccc4c(c3)CC[C@@H]4NC(C)=O)c2n1. The van der Waals surface area contributed by atoms with Gasteiger partial charge in [0.25, 0.3) is 0 Å². The zero-order valence-corrected chi connectivity index (χ0v) is 17.2. The van der Waals surface area contributed by atoms with Crippen molar-refractivity contribution >= 4 is 29.0 Å². The number of fused-ring (bicyclic) bond motifs is 2. The molecule has 0 saturated carbocycles. The number of carbonyl (C=O) groups is 1. The van der Waals surface area contributed by atoms with E-state index in [2.05, 4.69) is 29.0 Å². The topological polar surface area (TPSA) is 98.7 Å². The number of carbonyl (C=O) groups excluding carboxylic acids is 1. The molecule has 31 heavy (non-hydrogen) atoms. The standard InChI is InChI=1S/C24H22N6O/c1-3-16-7-11-21-24(28-16)30(23(29-21)19-5-4-12-26-22(19)25)17-8-9-18-15(13-17)6-10-20(18)27-14(2)31/h3-5,7-9,11-13,20H,1,6,10H2,2H3,(H2,25,26)(H,27,31)/t20-/m0/s1. The summed E-state index contributed by atoms with van der Waals surface area (Å²) in [6.07, 6.45) is 5.17. The molecule has 0 aliphatic heterocycles. The summed E-state index contributed by atoms with van der Waals surface area (Å²) in [5.41, 5.74) is 12.5. The molecule has 0 saturated heterocycles. The minimum absolute atomic E-state index is 0.0157. The minimum atomic E-state index is -0.0157. The Hall–Kier alpha value is -4.00. The molecule has 1 aliphatic rings. The number of hydrogen-bond donors (Lipinski definition) is 2. The predicted octanol–water partition coefficient (Wildman–Crippen LogP) is 3.83. The Morgan fingerprint density at radius 3 is 2.90 bits per heavy atom. The van der Waals surface area contributed by atoms with Crippen LogP contribution in [-0.4, -0.2) is 25.4 Å². The lowest BCUT2D eigenvalue weighted by Crippen LogP contribution is -2.24. The van der Waals surface area contributed by atoms with Crippen molar-refractivity contribution in [3.8, 4) is 17.1 Å². The van der Waals surface area contributed by atoms with Gasteiger partial charge in [0.2, 0.25) is 5.91 Å². The number of imidazole rings is 1. The molecule has 0 unspecified atom stereocenters. The number of nitrogens with two attached hydrogens (primary N) is 1. The third-order valence-corrected chi connectivity index (χ3v) is 5.65. The van der Waals surface area contributed by atoms with Gasteiger partial charge in [-0.1, -0.05) is 12.6 Å². The van der Waals surface area contributed by atoms with Gasteiger partial charge in [-0.05, 0) is 66.4 Å². The molecule has 7 nitrogen and oxygen atoms in total. The van der Waals surface area contributed by atoms with E-state index in [1.807, 2.05) is 34.9 Å². The summed E-state index contributed by atoms with van der Waals surface area (Å²) in [7, 11) is 0. The maximum atomic E-state index is 11.5. The maximum Gasteiger partial charge on any atom is 0.217 e. The lowest BCUT2D eigenvalue weighted by Gasteiger charge is -2.14. The van der Waals surface area contributed by atoms with E-state index in [-0.39, 0.29) is 11.9 Å². The molecule has 3 N–H and O–H groups in total. The summed E-state index contributed by atoms with van der Waals surface area (Å²) in [5.74, 6) is 1.08. The van der Waals surface area contributed by atoms with Gasteiger partial charge < -0.3 is 11.1 Å². The quantitative estimate of drug-likeness (QED) is 0.533. The van der Waals surface area contributed by atoms with Gasteiger partial charge >= 0.3 is 0 Å². The van der Waals surface area contributed by atoms with Gasteiger partial charge in [0, 0.05) is 18.8 Å². The molecule has 0 bridgehead atoms. The molecule has 0 spiro atoms. The lowest BCUT2D eigenvalue weighted by atomic mass is 10.1. The van der Waals surface area contributed by atoms with Crippen LogP contribution >= 0.6 is 0 Å². The highest BCUT2D eigenvalue weighted by Gasteiger charge is 2.25. The molecule has 1 aromatic carbocycles. The number of pyridine rings is 2. The van der Waals surface area contributed by atoms with E-state index in [1.165, 1.54) is 5.56 Å². The van der Waals surface area contributed by atoms with E-state index in [0.717, 1.165) is 46.5 Å². The number of nitrogen functional groups attached to an aromatic ring is 1. The summed E-state index contributed by atoms with van der Waals surface area (Å²) in [6, 6.07) is 13.9. The van der Waals surface area contributed by atoms with Crippen molar-refractivity contribution in [1.82, 2.24) is 24.8 Å². The fourth-order valence-electron chi connectivity index (χ4n) is 4.26. The van der Waals surface area contributed by atoms with E-state index in [0.29, 0.717) is 11.6 Å². The Kier molecular flexibility index (Phi) is 4.51. The number of hydrogen-bond acceptors (Lipinski definition) is 5. The van der Waals surface area contributed by atoms with Crippen LogP contribution in [-0.2, 0) is 11.2 Å². The first kappa shape index (κ1) is 19.0. The van der Waals surface area contributed by atoms with Crippen LogP contribution in [0.5, 0.6) is 0 Å². The van der Waals surface area contributed by atoms with Crippen LogP contribution in [0.3, 0.4) is 0 Å². The molecule has 0 fully saturated rings. The second kappa shape index (κ2) is 7.36. The Bertz CT molecular complexity index is 1340. The van der Waals surface area contributed by atoms with E-state index < -0.39 is 0 Å². The maximum absolute atomic E-state index is 11.5. The molecule has 1 aliphatic carbocycles. The summed E-state index contributed by atoms with van der Waals surface area (Å²) in [6.45, 7) is 5.39. The Labute approximate surface area is 179 Å². The first-order valence-electron chi connectivity index (χ1n) is 10.2. The Morgan fingerprint density at radius 2 is 2.13 bits per heavy atom.